The fourth-order valence-corrected chi connectivity index (χ4v) is 5.93. The van der Waals surface area contributed by atoms with E-state index in [-0.39, 0.29) is 11.1 Å². The van der Waals surface area contributed by atoms with Crippen LogP contribution in [0.3, 0.4) is 0 Å². The van der Waals surface area contributed by atoms with Gasteiger partial charge in [0.2, 0.25) is 0 Å². The van der Waals surface area contributed by atoms with Gasteiger partial charge in [-0.3, -0.25) is 0 Å². The van der Waals surface area contributed by atoms with Crippen LogP contribution in [0.4, 0.5) is 11.4 Å². The summed E-state index contributed by atoms with van der Waals surface area (Å²) in [5.41, 5.74) is 3.37. The lowest BCUT2D eigenvalue weighted by Crippen LogP contribution is -2.68. The van der Waals surface area contributed by atoms with Crippen LogP contribution in [0.2, 0.25) is 10.0 Å². The van der Waals surface area contributed by atoms with Crippen molar-refractivity contribution in [2.75, 3.05) is 24.9 Å². The highest BCUT2D eigenvalue weighted by atomic mass is 35.5. The Bertz CT molecular complexity index is 944. The predicted molar refractivity (Wildman–Crippen MR) is 114 cm³/mol. The van der Waals surface area contributed by atoms with Gasteiger partial charge in [-0.1, -0.05) is 23.2 Å². The predicted octanol–water partition coefficient (Wildman–Crippen LogP) is 6.08. The number of nitrogens with one attached hydrogen (secondary N) is 2. The molecule has 148 valence electrons. The first-order valence-corrected chi connectivity index (χ1v) is 10.5. The van der Waals surface area contributed by atoms with E-state index in [1.807, 2.05) is 24.3 Å². The molecule has 2 aromatic carbocycles. The molecule has 2 atom stereocenters. The van der Waals surface area contributed by atoms with Gasteiger partial charge in [0.15, 0.2) is 0 Å². The first-order chi connectivity index (χ1) is 13.5. The molecule has 0 saturated heterocycles. The van der Waals surface area contributed by atoms with Crippen LogP contribution in [-0.2, 0) is 5.54 Å². The third-order valence-electron chi connectivity index (χ3n) is 7.01. The average molecular weight is 419 g/mol. The summed E-state index contributed by atoms with van der Waals surface area (Å²) in [4.78, 5) is 0. The van der Waals surface area contributed by atoms with E-state index in [4.69, 9.17) is 32.7 Å². The Morgan fingerprint density at radius 3 is 2.32 bits per heavy atom. The number of benzene rings is 2. The monoisotopic (exact) mass is 418 g/mol. The number of hydrogen-bond donors (Lipinski definition) is 2. The molecule has 5 rings (SSSR count). The molecule has 2 unspecified atom stereocenters. The molecule has 2 N–H and O–H groups in total. The van der Waals surface area contributed by atoms with Gasteiger partial charge in [0, 0.05) is 28.4 Å². The first kappa shape index (κ1) is 18.3. The maximum Gasteiger partial charge on any atom is 0.137 e. The molecule has 2 aromatic rings. The normalized spacial score (nSPS) is 26.2. The second-order valence-electron chi connectivity index (χ2n) is 8.20. The molecule has 1 spiro atoms. The van der Waals surface area contributed by atoms with E-state index in [1.54, 1.807) is 14.2 Å². The quantitative estimate of drug-likeness (QED) is 0.631. The molecule has 6 heteroatoms. The van der Waals surface area contributed by atoms with Gasteiger partial charge < -0.3 is 20.1 Å². The SMILES string of the molecule is COc1ccc(NC23CCC2C2(CCC2)Nc2cc(Cl)c(OC)cc23)cc1Cl. The van der Waals surface area contributed by atoms with Crippen LogP contribution in [0.15, 0.2) is 30.3 Å². The van der Waals surface area contributed by atoms with Crippen molar-refractivity contribution in [1.29, 1.82) is 0 Å². The summed E-state index contributed by atoms with van der Waals surface area (Å²) in [6.45, 7) is 0. The summed E-state index contributed by atoms with van der Waals surface area (Å²) in [5, 5.41) is 8.96. The van der Waals surface area contributed by atoms with Crippen LogP contribution >= 0.6 is 23.2 Å². The number of hydrogen-bond acceptors (Lipinski definition) is 4. The summed E-state index contributed by atoms with van der Waals surface area (Å²) in [6.07, 6.45) is 5.95. The molecular weight excluding hydrogens is 395 g/mol. The van der Waals surface area contributed by atoms with E-state index in [9.17, 15) is 0 Å². The number of rotatable bonds is 4. The van der Waals surface area contributed by atoms with E-state index in [2.05, 4.69) is 16.7 Å². The van der Waals surface area contributed by atoms with Gasteiger partial charge in [-0.25, -0.2) is 0 Å². The van der Waals surface area contributed by atoms with E-state index >= 15 is 0 Å². The van der Waals surface area contributed by atoms with E-state index < -0.39 is 0 Å². The van der Waals surface area contributed by atoms with Crippen molar-refractivity contribution < 1.29 is 9.47 Å². The van der Waals surface area contributed by atoms with Crippen LogP contribution < -0.4 is 20.1 Å². The van der Waals surface area contributed by atoms with E-state index in [0.717, 1.165) is 17.8 Å². The van der Waals surface area contributed by atoms with Crippen LogP contribution in [-0.4, -0.2) is 19.8 Å². The van der Waals surface area contributed by atoms with Gasteiger partial charge in [0.1, 0.15) is 11.5 Å². The Morgan fingerprint density at radius 2 is 1.75 bits per heavy atom. The molecule has 1 heterocycles. The molecule has 2 aliphatic carbocycles. The Labute approximate surface area is 175 Å². The maximum absolute atomic E-state index is 6.46. The molecule has 2 saturated carbocycles. The second kappa shape index (κ2) is 6.36. The fraction of sp³-hybridized carbons (Fsp3) is 0.455. The minimum absolute atomic E-state index is 0.142. The molecule has 3 aliphatic rings. The molecule has 0 aromatic heterocycles. The Hall–Kier alpha value is -1.78. The lowest BCUT2D eigenvalue weighted by molar-refractivity contribution is 0.0196. The van der Waals surface area contributed by atoms with Crippen molar-refractivity contribution in [1.82, 2.24) is 0 Å². The smallest absolute Gasteiger partial charge is 0.137 e. The van der Waals surface area contributed by atoms with Crippen LogP contribution in [0.5, 0.6) is 11.5 Å². The molecule has 28 heavy (non-hydrogen) atoms. The molecule has 0 bridgehead atoms. The van der Waals surface area contributed by atoms with Gasteiger partial charge in [-0.15, -0.1) is 0 Å². The van der Waals surface area contributed by atoms with Gasteiger partial charge >= 0.3 is 0 Å². The van der Waals surface area contributed by atoms with Crippen molar-refractivity contribution in [3.8, 4) is 11.5 Å². The first-order valence-electron chi connectivity index (χ1n) is 9.79. The minimum atomic E-state index is -0.142. The van der Waals surface area contributed by atoms with Gasteiger partial charge in [-0.2, -0.15) is 0 Å². The third-order valence-corrected chi connectivity index (χ3v) is 7.60. The molecule has 2 fully saturated rings. The van der Waals surface area contributed by atoms with Crippen molar-refractivity contribution in [3.05, 3.63) is 45.9 Å². The highest BCUT2D eigenvalue weighted by Crippen LogP contribution is 2.64. The molecular formula is C22H24Cl2N2O2. The van der Waals surface area contributed by atoms with Gasteiger partial charge in [-0.05, 0) is 62.4 Å². The number of anilines is 2. The van der Waals surface area contributed by atoms with Crippen LogP contribution in [0, 0.1) is 5.92 Å². The largest absolute Gasteiger partial charge is 0.495 e. The highest BCUT2D eigenvalue weighted by molar-refractivity contribution is 6.32. The van der Waals surface area contributed by atoms with E-state index in [0.29, 0.717) is 27.5 Å². The summed E-state index contributed by atoms with van der Waals surface area (Å²) >= 11 is 12.9. The zero-order valence-electron chi connectivity index (χ0n) is 16.1. The summed E-state index contributed by atoms with van der Waals surface area (Å²) in [7, 11) is 3.30. The molecule has 0 radical (unpaired) electrons. The Morgan fingerprint density at radius 1 is 1.00 bits per heavy atom. The number of ether oxygens (including phenoxy) is 2. The third kappa shape index (κ3) is 2.44. The summed E-state index contributed by atoms with van der Waals surface area (Å²) in [6, 6.07) is 10.0. The van der Waals surface area contributed by atoms with Crippen molar-refractivity contribution in [2.45, 2.75) is 43.2 Å². The topological polar surface area (TPSA) is 42.5 Å². The lowest BCUT2D eigenvalue weighted by Gasteiger charge is -2.66. The fourth-order valence-electron chi connectivity index (χ4n) is 5.44. The lowest BCUT2D eigenvalue weighted by atomic mass is 9.48. The van der Waals surface area contributed by atoms with Crippen molar-refractivity contribution >= 4 is 34.6 Å². The standard InChI is InChI=1S/C22H24Cl2N2O2/c1-27-18-5-4-13(10-15(18)23)25-22-9-6-20(22)21(7-3-8-21)26-17-12-16(24)19(28-2)11-14(17)22/h4-5,10-12,20,25-26H,3,6-9H2,1-2H3. The summed E-state index contributed by atoms with van der Waals surface area (Å²) < 4.78 is 10.8. The zero-order chi connectivity index (χ0) is 19.5. The minimum Gasteiger partial charge on any atom is -0.495 e. The van der Waals surface area contributed by atoms with Crippen molar-refractivity contribution in [3.63, 3.8) is 0 Å². The Balaban J connectivity index is 1.62. The van der Waals surface area contributed by atoms with Gasteiger partial charge in [0.25, 0.3) is 0 Å². The summed E-state index contributed by atoms with van der Waals surface area (Å²) in [5.74, 6) is 1.92. The van der Waals surface area contributed by atoms with Gasteiger partial charge in [0.05, 0.1) is 29.8 Å². The maximum atomic E-state index is 6.46. The van der Waals surface area contributed by atoms with E-state index in [1.165, 1.54) is 31.2 Å². The number of halogens is 2. The van der Waals surface area contributed by atoms with Crippen LogP contribution in [0.25, 0.3) is 0 Å². The molecule has 1 aliphatic heterocycles. The Kier molecular flexibility index (Phi) is 4.15. The molecule has 4 nitrogen and oxygen atoms in total. The number of fused-ring (bicyclic) bond motifs is 4. The molecule has 0 amide bonds. The average Bonchev–Trinajstić information content (AvgIpc) is 2.63. The van der Waals surface area contributed by atoms with Crippen molar-refractivity contribution in [2.24, 2.45) is 5.92 Å². The zero-order valence-corrected chi connectivity index (χ0v) is 17.6. The van der Waals surface area contributed by atoms with Crippen LogP contribution in [0.1, 0.15) is 37.7 Å². The highest BCUT2D eigenvalue weighted by Gasteiger charge is 2.63. The number of methoxy groups -OCH3 is 2. The second-order valence-corrected chi connectivity index (χ2v) is 9.02.